The number of halogens is 1. The zero-order valence-corrected chi connectivity index (χ0v) is 33.0. The molecule has 1 heterocycles. The minimum absolute atomic E-state index is 0.0201. The van der Waals surface area contributed by atoms with Gasteiger partial charge in [0.05, 0.1) is 13.2 Å². The number of hydrogen-bond donors (Lipinski definition) is 0. The average molecular weight is 732 g/mol. The maximum absolute atomic E-state index is 14.4. The van der Waals surface area contributed by atoms with Crippen LogP contribution in [-0.2, 0) is 24.9 Å². The highest BCUT2D eigenvalue weighted by molar-refractivity contribution is 9.10. The van der Waals surface area contributed by atoms with Crippen molar-refractivity contribution in [3.8, 4) is 5.75 Å². The quantitative estimate of drug-likeness (QED) is 0.164. The zero-order valence-electron chi connectivity index (χ0n) is 28.6. The Morgan fingerprint density at radius 3 is 2.24 bits per heavy atom. The fraction of sp³-hybridized carbons (Fsp3) is 0.543. The van der Waals surface area contributed by atoms with Gasteiger partial charge in [0.25, 0.3) is 5.91 Å². The molecule has 0 unspecified atom stereocenters. The molecule has 0 saturated heterocycles. The molecular formula is C35H51BrN2O6Si2. The molecule has 1 fully saturated rings. The van der Waals surface area contributed by atoms with Gasteiger partial charge in [0, 0.05) is 34.6 Å². The van der Waals surface area contributed by atoms with Crippen molar-refractivity contribution in [2.45, 2.75) is 97.9 Å². The fourth-order valence-electron chi connectivity index (χ4n) is 5.60. The molecule has 0 aromatic heterocycles. The van der Waals surface area contributed by atoms with E-state index >= 15 is 0 Å². The van der Waals surface area contributed by atoms with Crippen LogP contribution in [0.15, 0.2) is 58.6 Å². The number of hydrogen-bond acceptors (Lipinski definition) is 6. The van der Waals surface area contributed by atoms with Crippen LogP contribution in [0.3, 0.4) is 0 Å². The van der Waals surface area contributed by atoms with Gasteiger partial charge in [-0.2, -0.15) is 0 Å². The molecule has 252 valence electrons. The van der Waals surface area contributed by atoms with Crippen LogP contribution < -0.4 is 4.74 Å². The predicted octanol–water partition coefficient (Wildman–Crippen LogP) is 6.45. The third-order valence-corrected chi connectivity index (χ3v) is 10.3. The summed E-state index contributed by atoms with van der Waals surface area (Å²) >= 11 is 3.66. The second-order valence-electron chi connectivity index (χ2n) is 13.7. The highest BCUT2D eigenvalue weighted by Crippen LogP contribution is 2.36. The Balaban J connectivity index is 1.56. The van der Waals surface area contributed by atoms with Gasteiger partial charge >= 0.3 is 6.09 Å². The normalized spacial score (nSPS) is 16.8. The number of carbonyl (C=O) groups excluding carboxylic acids is 2. The number of nitrogens with zero attached hydrogens (tertiary/aromatic N) is 2. The Bertz CT molecular complexity index is 1370. The maximum atomic E-state index is 14.4. The van der Waals surface area contributed by atoms with Crippen molar-refractivity contribution < 1.29 is 27.9 Å². The van der Waals surface area contributed by atoms with E-state index in [1.807, 2.05) is 74.2 Å². The average Bonchev–Trinajstić information content (AvgIpc) is 3.85. The van der Waals surface area contributed by atoms with Crippen LogP contribution >= 0.6 is 15.9 Å². The lowest BCUT2D eigenvalue weighted by molar-refractivity contribution is -0.128. The number of rotatable bonds is 14. The van der Waals surface area contributed by atoms with E-state index in [0.29, 0.717) is 31.7 Å². The first kappa shape index (κ1) is 36.4. The van der Waals surface area contributed by atoms with Crippen LogP contribution in [0, 0.1) is 5.41 Å². The second kappa shape index (κ2) is 16.1. The van der Waals surface area contributed by atoms with Crippen LogP contribution in [-0.4, -0.2) is 79.0 Å². The minimum atomic E-state index is -0.619. The summed E-state index contributed by atoms with van der Waals surface area (Å²) in [5, 5.41) is 0. The van der Waals surface area contributed by atoms with E-state index in [9.17, 15) is 9.59 Å². The molecule has 46 heavy (non-hydrogen) atoms. The third kappa shape index (κ3) is 10.0. The summed E-state index contributed by atoms with van der Waals surface area (Å²) in [6.45, 7) is 15.9. The van der Waals surface area contributed by atoms with Gasteiger partial charge in [0.1, 0.15) is 17.6 Å². The summed E-state index contributed by atoms with van der Waals surface area (Å²) < 4.78 is 24.9. The Morgan fingerprint density at radius 2 is 1.65 bits per heavy atom. The molecular weight excluding hydrogens is 680 g/mol. The standard InChI is InChI=1S/C35H51BrN2O6Si2/c1-34(2,3)42-33(40)37-20-18-28(29(23-37)31(39)38(26-14-15-26)22-25-10-8-9-11-30(25)36)24-12-16-27(17-13-24)41-21-19-35(4,5)32(43-45-6)44-46-7/h8-13,16-17,26,32H,14-15,18-23,45-46H2,1-7H3. The first-order valence-corrected chi connectivity index (χ1v) is 21.3. The summed E-state index contributed by atoms with van der Waals surface area (Å²) in [6.07, 6.45) is 2.77. The molecule has 0 bridgehead atoms. The summed E-state index contributed by atoms with van der Waals surface area (Å²) in [6, 6.07) is 16.2. The molecule has 2 aromatic carbocycles. The van der Waals surface area contributed by atoms with Gasteiger partial charge in [-0.05, 0) is 81.4 Å². The number of benzene rings is 2. The van der Waals surface area contributed by atoms with Crippen LogP contribution in [0.2, 0.25) is 13.1 Å². The predicted molar refractivity (Wildman–Crippen MR) is 192 cm³/mol. The molecule has 2 aliphatic rings. The minimum Gasteiger partial charge on any atom is -0.494 e. The summed E-state index contributed by atoms with van der Waals surface area (Å²) in [5.74, 6) is 0.759. The molecule has 2 amide bonds. The molecule has 0 spiro atoms. The summed E-state index contributed by atoms with van der Waals surface area (Å²) in [5.41, 5.74) is 2.89. The lowest BCUT2D eigenvalue weighted by Gasteiger charge is -2.34. The monoisotopic (exact) mass is 730 g/mol. The van der Waals surface area contributed by atoms with E-state index in [-0.39, 0.29) is 30.2 Å². The van der Waals surface area contributed by atoms with Crippen molar-refractivity contribution in [2.75, 3.05) is 19.7 Å². The van der Waals surface area contributed by atoms with Crippen molar-refractivity contribution in [3.05, 3.63) is 69.7 Å². The lowest BCUT2D eigenvalue weighted by Crippen LogP contribution is -2.44. The molecule has 0 radical (unpaired) electrons. The van der Waals surface area contributed by atoms with E-state index in [1.165, 1.54) is 0 Å². The van der Waals surface area contributed by atoms with E-state index in [4.69, 9.17) is 18.3 Å². The Kier molecular flexibility index (Phi) is 12.7. The van der Waals surface area contributed by atoms with Gasteiger partial charge in [-0.1, -0.05) is 73.2 Å². The van der Waals surface area contributed by atoms with Gasteiger partial charge in [0.2, 0.25) is 0 Å². The molecule has 0 N–H and O–H groups in total. The summed E-state index contributed by atoms with van der Waals surface area (Å²) in [7, 11) is -1.16. The molecule has 0 atom stereocenters. The van der Waals surface area contributed by atoms with Crippen molar-refractivity contribution in [1.82, 2.24) is 9.80 Å². The number of amides is 2. The van der Waals surface area contributed by atoms with Crippen LogP contribution in [0.1, 0.15) is 71.4 Å². The topological polar surface area (TPSA) is 77.5 Å². The van der Waals surface area contributed by atoms with Crippen LogP contribution in [0.4, 0.5) is 4.79 Å². The first-order valence-electron chi connectivity index (χ1n) is 16.5. The van der Waals surface area contributed by atoms with Gasteiger partial charge in [-0.3, -0.25) is 4.79 Å². The van der Waals surface area contributed by atoms with Gasteiger partial charge < -0.3 is 28.1 Å². The van der Waals surface area contributed by atoms with E-state index in [1.54, 1.807) is 4.90 Å². The van der Waals surface area contributed by atoms with Crippen molar-refractivity contribution >= 4 is 53.0 Å². The van der Waals surface area contributed by atoms with E-state index in [2.05, 4.69) is 42.9 Å². The SMILES string of the molecule is C[SiH2]OC(O[SiH2]C)C(C)(C)CCOc1ccc(C2=C(C(=O)N(Cc3ccccc3Br)C3CC3)CN(C(=O)OC(C)(C)C)CC2)cc1. The first-order chi connectivity index (χ1) is 21.8. The van der Waals surface area contributed by atoms with Crippen molar-refractivity contribution in [3.63, 3.8) is 0 Å². The maximum Gasteiger partial charge on any atom is 0.410 e. The van der Waals surface area contributed by atoms with Gasteiger partial charge in [0.15, 0.2) is 19.5 Å². The lowest BCUT2D eigenvalue weighted by atomic mass is 9.89. The fourth-order valence-corrected chi connectivity index (χ4v) is 7.90. The van der Waals surface area contributed by atoms with Gasteiger partial charge in [-0.25, -0.2) is 4.79 Å². The zero-order chi connectivity index (χ0) is 33.5. The Hall–Kier alpha value is -2.45. The highest BCUT2D eigenvalue weighted by Gasteiger charge is 2.38. The van der Waals surface area contributed by atoms with Gasteiger partial charge in [-0.15, -0.1) is 0 Å². The Labute approximate surface area is 288 Å². The largest absolute Gasteiger partial charge is 0.494 e. The summed E-state index contributed by atoms with van der Waals surface area (Å²) in [4.78, 5) is 31.2. The molecule has 1 aliphatic carbocycles. The third-order valence-electron chi connectivity index (χ3n) is 8.29. The van der Waals surface area contributed by atoms with Crippen LogP contribution in [0.25, 0.3) is 5.57 Å². The molecule has 2 aromatic rings. The number of carbonyl (C=O) groups is 2. The highest BCUT2D eigenvalue weighted by atomic mass is 79.9. The molecule has 8 nitrogen and oxygen atoms in total. The molecule has 1 saturated carbocycles. The van der Waals surface area contributed by atoms with E-state index < -0.39 is 31.2 Å². The smallest absolute Gasteiger partial charge is 0.410 e. The van der Waals surface area contributed by atoms with E-state index in [0.717, 1.165) is 46.2 Å². The molecule has 4 rings (SSSR count). The van der Waals surface area contributed by atoms with Crippen LogP contribution in [0.5, 0.6) is 5.75 Å². The van der Waals surface area contributed by atoms with Crippen molar-refractivity contribution in [1.29, 1.82) is 0 Å². The Morgan fingerprint density at radius 1 is 1.00 bits per heavy atom. The molecule has 1 aliphatic heterocycles. The van der Waals surface area contributed by atoms with Crippen molar-refractivity contribution in [2.24, 2.45) is 5.41 Å². The number of ether oxygens (including phenoxy) is 2. The second-order valence-corrected chi connectivity index (χ2v) is 16.4. The molecule has 11 heteroatoms.